The minimum atomic E-state index is -1.07. The van der Waals surface area contributed by atoms with Crippen molar-refractivity contribution < 1.29 is 9.18 Å². The molecule has 0 spiro atoms. The highest BCUT2D eigenvalue weighted by Gasteiger charge is 2.34. The summed E-state index contributed by atoms with van der Waals surface area (Å²) in [4.78, 5) is 12.4. The van der Waals surface area contributed by atoms with Crippen molar-refractivity contribution >= 4 is 28.8 Å². The van der Waals surface area contributed by atoms with Crippen LogP contribution in [-0.2, 0) is 11.3 Å². The van der Waals surface area contributed by atoms with E-state index >= 15 is 0 Å². The number of aromatic nitrogens is 2. The molecule has 0 aromatic carbocycles. The number of halogens is 2. The molecule has 0 radical (unpaired) electrons. The standard InChI is InChI=1S/C16H25FIN3O/c1-11(2)14-9-20(19-12(14)3)10-15(22)21(18)13-5-7-16(4,17)8-6-13/h9,11,13H,5-8,10H2,1-4H3. The average Bonchev–Trinajstić information content (AvgIpc) is 2.79. The molecule has 4 nitrogen and oxygen atoms in total. The number of nitrogens with zero attached hydrogens (tertiary/aromatic N) is 3. The largest absolute Gasteiger partial charge is 0.280 e. The number of aryl methyl sites for hydroxylation is 1. The molecule has 1 aromatic heterocycles. The number of rotatable bonds is 4. The van der Waals surface area contributed by atoms with Crippen molar-refractivity contribution in [3.8, 4) is 0 Å². The maximum Gasteiger partial charge on any atom is 0.253 e. The lowest BCUT2D eigenvalue weighted by molar-refractivity contribution is -0.128. The van der Waals surface area contributed by atoms with Crippen LogP contribution in [-0.4, -0.2) is 30.5 Å². The molecule has 6 heteroatoms. The van der Waals surface area contributed by atoms with Crippen molar-refractivity contribution in [2.45, 2.75) is 77.6 Å². The summed E-state index contributed by atoms with van der Waals surface area (Å²) in [6.45, 7) is 8.12. The molecule has 0 atom stereocenters. The molecule has 1 amide bonds. The Kier molecular flexibility index (Phi) is 5.50. The Bertz CT molecular complexity index is 531. The van der Waals surface area contributed by atoms with Gasteiger partial charge in [-0.1, -0.05) is 13.8 Å². The second-order valence-electron chi connectivity index (χ2n) is 6.87. The van der Waals surface area contributed by atoms with E-state index in [1.807, 2.05) is 13.1 Å². The molecule has 1 heterocycles. The lowest BCUT2D eigenvalue weighted by Crippen LogP contribution is -2.40. The molecular formula is C16H25FIN3O. The van der Waals surface area contributed by atoms with Gasteiger partial charge in [0.25, 0.3) is 5.91 Å². The third-order valence-corrected chi connectivity index (χ3v) is 5.79. The maximum atomic E-state index is 13.9. The molecule has 0 aliphatic heterocycles. The molecular weight excluding hydrogens is 396 g/mol. The Balaban J connectivity index is 1.96. The van der Waals surface area contributed by atoms with Gasteiger partial charge in [-0.05, 0) is 51.0 Å². The smallest absolute Gasteiger partial charge is 0.253 e. The first kappa shape index (κ1) is 17.7. The second-order valence-corrected chi connectivity index (χ2v) is 7.91. The summed E-state index contributed by atoms with van der Waals surface area (Å²) in [7, 11) is 0. The van der Waals surface area contributed by atoms with E-state index < -0.39 is 5.67 Å². The van der Waals surface area contributed by atoms with Crippen LogP contribution in [0.25, 0.3) is 0 Å². The van der Waals surface area contributed by atoms with Crippen LogP contribution in [0.3, 0.4) is 0 Å². The van der Waals surface area contributed by atoms with Gasteiger partial charge in [0.2, 0.25) is 0 Å². The fourth-order valence-corrected chi connectivity index (χ4v) is 3.73. The highest BCUT2D eigenvalue weighted by molar-refractivity contribution is 14.1. The first-order valence-electron chi connectivity index (χ1n) is 7.90. The molecule has 2 rings (SSSR count). The first-order valence-corrected chi connectivity index (χ1v) is 8.87. The van der Waals surface area contributed by atoms with Crippen LogP contribution in [0.1, 0.15) is 63.6 Å². The van der Waals surface area contributed by atoms with Crippen molar-refractivity contribution in [1.82, 2.24) is 12.9 Å². The first-order chi connectivity index (χ1) is 10.2. The van der Waals surface area contributed by atoms with E-state index in [0.29, 0.717) is 18.8 Å². The van der Waals surface area contributed by atoms with E-state index in [0.717, 1.165) is 18.5 Å². The summed E-state index contributed by atoms with van der Waals surface area (Å²) in [6, 6.07) is 0.137. The van der Waals surface area contributed by atoms with Gasteiger partial charge in [-0.15, -0.1) is 0 Å². The summed E-state index contributed by atoms with van der Waals surface area (Å²) >= 11 is 2.07. The van der Waals surface area contributed by atoms with Crippen LogP contribution < -0.4 is 0 Å². The quantitative estimate of drug-likeness (QED) is 0.541. The molecule has 1 saturated carbocycles. The highest BCUT2D eigenvalue weighted by Crippen LogP contribution is 2.34. The molecule has 1 aliphatic carbocycles. The summed E-state index contributed by atoms with van der Waals surface area (Å²) in [5.74, 6) is 0.436. The predicted octanol–water partition coefficient (Wildman–Crippen LogP) is 4.16. The lowest BCUT2D eigenvalue weighted by Gasteiger charge is -2.35. The van der Waals surface area contributed by atoms with E-state index in [-0.39, 0.29) is 18.5 Å². The number of carbonyl (C=O) groups excluding carboxylic acids is 1. The minimum Gasteiger partial charge on any atom is -0.280 e. The van der Waals surface area contributed by atoms with Crippen molar-refractivity contribution in [3.63, 3.8) is 0 Å². The third kappa shape index (κ3) is 4.20. The molecule has 0 saturated heterocycles. The van der Waals surface area contributed by atoms with Gasteiger partial charge in [-0.25, -0.2) is 4.39 Å². The Morgan fingerprint density at radius 1 is 1.55 bits per heavy atom. The third-order valence-electron chi connectivity index (χ3n) is 4.46. The number of hydrogen-bond donors (Lipinski definition) is 0. The fraction of sp³-hybridized carbons (Fsp3) is 0.750. The van der Waals surface area contributed by atoms with E-state index in [1.54, 1.807) is 14.7 Å². The normalized spacial score (nSPS) is 25.5. The SMILES string of the molecule is Cc1nn(CC(=O)N(I)C2CCC(C)(F)CC2)cc1C(C)C. The number of alkyl halides is 1. The highest BCUT2D eigenvalue weighted by atomic mass is 127. The molecule has 1 aliphatic rings. The van der Waals surface area contributed by atoms with Crippen molar-refractivity contribution in [3.05, 3.63) is 17.5 Å². The summed E-state index contributed by atoms with van der Waals surface area (Å²) in [5, 5.41) is 4.43. The topological polar surface area (TPSA) is 38.1 Å². The molecule has 0 unspecified atom stereocenters. The van der Waals surface area contributed by atoms with Crippen molar-refractivity contribution in [2.24, 2.45) is 0 Å². The number of amides is 1. The number of hydrogen-bond acceptors (Lipinski definition) is 2. The lowest BCUT2D eigenvalue weighted by atomic mass is 9.85. The van der Waals surface area contributed by atoms with Crippen LogP contribution in [0.15, 0.2) is 6.20 Å². The predicted molar refractivity (Wildman–Crippen MR) is 93.7 cm³/mol. The Morgan fingerprint density at radius 2 is 2.14 bits per heavy atom. The maximum absolute atomic E-state index is 13.9. The molecule has 124 valence electrons. The molecule has 1 aromatic rings. The zero-order chi connectivity index (χ0) is 16.5. The van der Waals surface area contributed by atoms with E-state index in [4.69, 9.17) is 0 Å². The zero-order valence-corrected chi connectivity index (χ0v) is 15.9. The van der Waals surface area contributed by atoms with Gasteiger partial charge in [0.15, 0.2) is 0 Å². The second kappa shape index (κ2) is 6.84. The van der Waals surface area contributed by atoms with Gasteiger partial charge in [-0.3, -0.25) is 12.6 Å². The monoisotopic (exact) mass is 421 g/mol. The van der Waals surface area contributed by atoms with Crippen LogP contribution in [0.4, 0.5) is 4.39 Å². The van der Waals surface area contributed by atoms with Gasteiger partial charge >= 0.3 is 0 Å². The Hall–Kier alpha value is -0.660. The average molecular weight is 421 g/mol. The van der Waals surface area contributed by atoms with Gasteiger partial charge in [0.05, 0.1) is 28.6 Å². The Labute approximate surface area is 145 Å². The van der Waals surface area contributed by atoms with Gasteiger partial charge < -0.3 is 0 Å². The van der Waals surface area contributed by atoms with E-state index in [2.05, 4.69) is 41.8 Å². The fourth-order valence-electron chi connectivity index (χ4n) is 3.02. The molecule has 1 fully saturated rings. The summed E-state index contributed by atoms with van der Waals surface area (Å²) < 4.78 is 17.3. The van der Waals surface area contributed by atoms with Crippen LogP contribution in [0.2, 0.25) is 0 Å². The summed E-state index contributed by atoms with van der Waals surface area (Å²) in [6.07, 6.45) is 4.49. The molecule has 22 heavy (non-hydrogen) atoms. The minimum absolute atomic E-state index is 0.0332. The number of carbonyl (C=O) groups is 1. The molecule has 0 N–H and O–H groups in total. The van der Waals surface area contributed by atoms with E-state index in [1.165, 1.54) is 5.56 Å². The van der Waals surface area contributed by atoms with Gasteiger partial charge in [-0.2, -0.15) is 5.10 Å². The summed E-state index contributed by atoms with van der Waals surface area (Å²) in [5.41, 5.74) is 1.09. The van der Waals surface area contributed by atoms with Crippen LogP contribution in [0.5, 0.6) is 0 Å². The van der Waals surface area contributed by atoms with Crippen molar-refractivity contribution in [1.29, 1.82) is 0 Å². The molecule has 0 bridgehead atoms. The van der Waals surface area contributed by atoms with Crippen molar-refractivity contribution in [2.75, 3.05) is 0 Å². The Morgan fingerprint density at radius 3 is 2.64 bits per heavy atom. The van der Waals surface area contributed by atoms with Gasteiger partial charge in [0, 0.05) is 12.2 Å². The van der Waals surface area contributed by atoms with Crippen LogP contribution >= 0.6 is 22.9 Å². The van der Waals surface area contributed by atoms with E-state index in [9.17, 15) is 9.18 Å². The zero-order valence-electron chi connectivity index (χ0n) is 13.8. The van der Waals surface area contributed by atoms with Gasteiger partial charge in [0.1, 0.15) is 12.2 Å². The van der Waals surface area contributed by atoms with Crippen LogP contribution in [0, 0.1) is 6.92 Å².